The molecule has 1 rings (SSSR count). The van der Waals surface area contributed by atoms with Gasteiger partial charge in [0.05, 0.1) is 12.8 Å². The van der Waals surface area contributed by atoms with Crippen molar-refractivity contribution in [2.24, 2.45) is 5.92 Å². The standard InChI is InChI=1S/C19H28O4/c1-5-9-15-10-7-8-11-17(15)23-19(21)13-12-18(20)22-16(6-2)14(3)4/h7-8,10-11,14,16H,5-6,9,12-13H2,1-4H3. The summed E-state index contributed by atoms with van der Waals surface area (Å²) in [5.41, 5.74) is 1.01. The van der Waals surface area contributed by atoms with Crippen molar-refractivity contribution < 1.29 is 19.1 Å². The second kappa shape index (κ2) is 10.0. The molecule has 1 unspecified atom stereocenters. The van der Waals surface area contributed by atoms with Gasteiger partial charge in [0.25, 0.3) is 0 Å². The van der Waals surface area contributed by atoms with Crippen molar-refractivity contribution >= 4 is 11.9 Å². The molecule has 0 N–H and O–H groups in total. The van der Waals surface area contributed by atoms with Crippen molar-refractivity contribution in [2.45, 2.75) is 65.9 Å². The van der Waals surface area contributed by atoms with Crippen molar-refractivity contribution in [3.63, 3.8) is 0 Å². The first-order chi connectivity index (χ1) is 11.0. The van der Waals surface area contributed by atoms with Crippen LogP contribution in [0.4, 0.5) is 0 Å². The summed E-state index contributed by atoms with van der Waals surface area (Å²) >= 11 is 0. The Morgan fingerprint density at radius 3 is 2.30 bits per heavy atom. The smallest absolute Gasteiger partial charge is 0.311 e. The van der Waals surface area contributed by atoms with Crippen LogP contribution in [-0.2, 0) is 20.7 Å². The van der Waals surface area contributed by atoms with Gasteiger partial charge in [0, 0.05) is 0 Å². The van der Waals surface area contributed by atoms with Gasteiger partial charge in [-0.15, -0.1) is 0 Å². The lowest BCUT2D eigenvalue weighted by Gasteiger charge is -2.19. The lowest BCUT2D eigenvalue weighted by atomic mass is 10.1. The third-order valence-electron chi connectivity index (χ3n) is 3.68. The zero-order valence-electron chi connectivity index (χ0n) is 14.6. The number of hydrogen-bond donors (Lipinski definition) is 0. The van der Waals surface area contributed by atoms with Gasteiger partial charge in [0.1, 0.15) is 11.9 Å². The summed E-state index contributed by atoms with van der Waals surface area (Å²) in [7, 11) is 0. The number of carbonyl (C=O) groups is 2. The zero-order valence-corrected chi connectivity index (χ0v) is 14.6. The molecule has 4 heteroatoms. The first-order valence-electron chi connectivity index (χ1n) is 8.45. The van der Waals surface area contributed by atoms with E-state index < -0.39 is 5.97 Å². The molecule has 0 bridgehead atoms. The van der Waals surface area contributed by atoms with Crippen LogP contribution in [0.2, 0.25) is 0 Å². The molecule has 1 aromatic carbocycles. The molecule has 1 aromatic rings. The Kier molecular flexibility index (Phi) is 8.38. The molecular weight excluding hydrogens is 292 g/mol. The molecule has 0 saturated heterocycles. The van der Waals surface area contributed by atoms with Gasteiger partial charge in [-0.05, 0) is 30.4 Å². The summed E-state index contributed by atoms with van der Waals surface area (Å²) in [6, 6.07) is 7.50. The number of esters is 2. The summed E-state index contributed by atoms with van der Waals surface area (Å²) in [4.78, 5) is 23.7. The maximum Gasteiger partial charge on any atom is 0.311 e. The molecule has 0 heterocycles. The summed E-state index contributed by atoms with van der Waals surface area (Å²) in [5.74, 6) is 0.116. The molecule has 0 aliphatic carbocycles. The first kappa shape index (κ1) is 19.2. The predicted molar refractivity (Wildman–Crippen MR) is 90.3 cm³/mol. The summed E-state index contributed by atoms with van der Waals surface area (Å²) in [6.07, 6.45) is 2.61. The van der Waals surface area contributed by atoms with E-state index in [0.29, 0.717) is 5.75 Å². The van der Waals surface area contributed by atoms with Crippen LogP contribution in [0.3, 0.4) is 0 Å². The van der Waals surface area contributed by atoms with Crippen molar-refractivity contribution in [1.82, 2.24) is 0 Å². The van der Waals surface area contributed by atoms with Crippen LogP contribution < -0.4 is 4.74 Å². The molecule has 0 aliphatic heterocycles. The molecule has 23 heavy (non-hydrogen) atoms. The summed E-state index contributed by atoms with van der Waals surface area (Å²) in [6.45, 7) is 8.09. The molecule has 1 atom stereocenters. The minimum Gasteiger partial charge on any atom is -0.462 e. The highest BCUT2D eigenvalue weighted by molar-refractivity contribution is 5.79. The highest BCUT2D eigenvalue weighted by Crippen LogP contribution is 2.20. The SMILES string of the molecule is CCCc1ccccc1OC(=O)CCC(=O)OC(CC)C(C)C. The van der Waals surface area contributed by atoms with Crippen LogP contribution in [-0.4, -0.2) is 18.0 Å². The van der Waals surface area contributed by atoms with Crippen molar-refractivity contribution in [2.75, 3.05) is 0 Å². The fourth-order valence-electron chi connectivity index (χ4n) is 2.38. The van der Waals surface area contributed by atoms with E-state index in [1.807, 2.05) is 39.0 Å². The first-order valence-corrected chi connectivity index (χ1v) is 8.45. The molecule has 0 radical (unpaired) electrons. The lowest BCUT2D eigenvalue weighted by Crippen LogP contribution is -2.23. The number of hydrogen-bond acceptors (Lipinski definition) is 4. The number of aryl methyl sites for hydroxylation is 1. The van der Waals surface area contributed by atoms with Gasteiger partial charge >= 0.3 is 11.9 Å². The third kappa shape index (κ3) is 6.85. The number of benzene rings is 1. The van der Waals surface area contributed by atoms with Crippen molar-refractivity contribution in [3.8, 4) is 5.75 Å². The molecule has 0 spiro atoms. The predicted octanol–water partition coefficient (Wildman–Crippen LogP) is 4.30. The van der Waals surface area contributed by atoms with Crippen molar-refractivity contribution in [3.05, 3.63) is 29.8 Å². The Morgan fingerprint density at radius 1 is 1.04 bits per heavy atom. The van der Waals surface area contributed by atoms with Crippen LogP contribution in [0.5, 0.6) is 5.75 Å². The van der Waals surface area contributed by atoms with E-state index >= 15 is 0 Å². The maximum atomic E-state index is 11.9. The normalized spacial score (nSPS) is 12.0. The van der Waals surface area contributed by atoms with Crippen LogP contribution in [0.25, 0.3) is 0 Å². The molecule has 0 amide bonds. The molecule has 128 valence electrons. The lowest BCUT2D eigenvalue weighted by molar-refractivity contribution is -0.153. The van der Waals surface area contributed by atoms with Gasteiger partial charge in [0.2, 0.25) is 0 Å². The fraction of sp³-hybridized carbons (Fsp3) is 0.579. The Balaban J connectivity index is 2.47. The van der Waals surface area contributed by atoms with Crippen LogP contribution in [0, 0.1) is 5.92 Å². The zero-order chi connectivity index (χ0) is 17.2. The number of rotatable bonds is 9. The van der Waals surface area contributed by atoms with Crippen LogP contribution in [0.15, 0.2) is 24.3 Å². The van der Waals surface area contributed by atoms with Gasteiger partial charge in [-0.3, -0.25) is 9.59 Å². The summed E-state index contributed by atoms with van der Waals surface area (Å²) < 4.78 is 10.8. The Morgan fingerprint density at radius 2 is 1.70 bits per heavy atom. The average molecular weight is 320 g/mol. The van der Waals surface area contributed by atoms with E-state index in [2.05, 4.69) is 6.92 Å². The van der Waals surface area contributed by atoms with Gasteiger partial charge in [0.15, 0.2) is 0 Å². The average Bonchev–Trinajstić information content (AvgIpc) is 2.52. The molecule has 0 aromatic heterocycles. The Labute approximate surface area is 139 Å². The van der Waals surface area contributed by atoms with Crippen LogP contribution in [0.1, 0.15) is 58.9 Å². The van der Waals surface area contributed by atoms with E-state index in [1.54, 1.807) is 6.07 Å². The minimum absolute atomic E-state index is 0.0355. The third-order valence-corrected chi connectivity index (χ3v) is 3.68. The highest BCUT2D eigenvalue weighted by Gasteiger charge is 2.18. The van der Waals surface area contributed by atoms with E-state index in [1.165, 1.54) is 0 Å². The number of carbonyl (C=O) groups excluding carboxylic acids is 2. The van der Waals surface area contributed by atoms with Crippen molar-refractivity contribution in [1.29, 1.82) is 0 Å². The Hall–Kier alpha value is -1.84. The van der Waals surface area contributed by atoms with E-state index in [4.69, 9.17) is 9.47 Å². The molecular formula is C19H28O4. The topological polar surface area (TPSA) is 52.6 Å². The Bertz CT molecular complexity index is 508. The van der Waals surface area contributed by atoms with E-state index in [0.717, 1.165) is 24.8 Å². The molecule has 0 fully saturated rings. The molecule has 0 aliphatic rings. The van der Waals surface area contributed by atoms with Crippen LogP contribution >= 0.6 is 0 Å². The summed E-state index contributed by atoms with van der Waals surface area (Å²) in [5, 5.41) is 0. The van der Waals surface area contributed by atoms with Gasteiger partial charge in [-0.2, -0.15) is 0 Å². The quantitative estimate of drug-likeness (QED) is 0.503. The second-order valence-electron chi connectivity index (χ2n) is 6.01. The van der Waals surface area contributed by atoms with Gasteiger partial charge < -0.3 is 9.47 Å². The number of ether oxygens (including phenoxy) is 2. The fourth-order valence-corrected chi connectivity index (χ4v) is 2.38. The minimum atomic E-state index is -0.400. The maximum absolute atomic E-state index is 11.9. The van der Waals surface area contributed by atoms with E-state index in [-0.39, 0.29) is 30.8 Å². The molecule has 0 saturated carbocycles. The van der Waals surface area contributed by atoms with Gasteiger partial charge in [-0.1, -0.05) is 52.3 Å². The number of para-hydroxylation sites is 1. The second-order valence-corrected chi connectivity index (χ2v) is 6.01. The largest absolute Gasteiger partial charge is 0.462 e. The van der Waals surface area contributed by atoms with Gasteiger partial charge in [-0.25, -0.2) is 0 Å². The van der Waals surface area contributed by atoms with E-state index in [9.17, 15) is 9.59 Å². The monoisotopic (exact) mass is 320 g/mol. The molecule has 4 nitrogen and oxygen atoms in total. The highest BCUT2D eigenvalue weighted by atomic mass is 16.5.